The van der Waals surface area contributed by atoms with Crippen LogP contribution in [0.25, 0.3) is 0 Å². The molecule has 96 valence electrons. The highest BCUT2D eigenvalue weighted by Gasteiger charge is 2.16. The molecule has 1 aromatic rings. The number of aromatic nitrogens is 3. The fraction of sp³-hybridized carbons (Fsp3) is 0.727. The van der Waals surface area contributed by atoms with Gasteiger partial charge >= 0.3 is 0 Å². The average Bonchev–Trinajstić information content (AvgIpc) is 2.77. The molecule has 1 heterocycles. The van der Waals surface area contributed by atoms with Gasteiger partial charge in [-0.25, -0.2) is 4.98 Å². The lowest BCUT2D eigenvalue weighted by Gasteiger charge is -2.14. The van der Waals surface area contributed by atoms with E-state index in [1.54, 1.807) is 11.9 Å². The lowest BCUT2D eigenvalue weighted by atomic mass is 10.3. The quantitative estimate of drug-likeness (QED) is 0.677. The van der Waals surface area contributed by atoms with E-state index in [0.717, 1.165) is 31.6 Å². The summed E-state index contributed by atoms with van der Waals surface area (Å²) in [6, 6.07) is 0. The van der Waals surface area contributed by atoms with Crippen LogP contribution < -0.4 is 5.32 Å². The highest BCUT2D eigenvalue weighted by Crippen LogP contribution is 2.00. The van der Waals surface area contributed by atoms with E-state index in [-0.39, 0.29) is 11.7 Å². The molecular weight excluding hydrogens is 218 g/mol. The standard InChI is InChI=1S/C11H21N5O/c1-4-6-9-13-10(15-14-9)11(17)16(3)8-5-7-12-2/h12H,4-8H2,1-3H3,(H,13,14,15). The van der Waals surface area contributed by atoms with Gasteiger partial charge in [-0.3, -0.25) is 9.89 Å². The maximum absolute atomic E-state index is 11.9. The number of carbonyl (C=O) groups is 1. The number of amides is 1. The van der Waals surface area contributed by atoms with Crippen molar-refractivity contribution in [2.75, 3.05) is 27.2 Å². The van der Waals surface area contributed by atoms with Crippen molar-refractivity contribution >= 4 is 5.91 Å². The zero-order valence-corrected chi connectivity index (χ0v) is 10.8. The van der Waals surface area contributed by atoms with Crippen LogP contribution in [0.3, 0.4) is 0 Å². The van der Waals surface area contributed by atoms with Gasteiger partial charge < -0.3 is 10.2 Å². The number of H-pyrrole nitrogens is 1. The van der Waals surface area contributed by atoms with E-state index in [4.69, 9.17) is 0 Å². The minimum atomic E-state index is -0.125. The second kappa shape index (κ2) is 7.01. The van der Waals surface area contributed by atoms with Crippen LogP contribution in [0.1, 0.15) is 36.2 Å². The molecule has 6 nitrogen and oxygen atoms in total. The summed E-state index contributed by atoms with van der Waals surface area (Å²) in [5.74, 6) is 0.916. The second-order valence-electron chi connectivity index (χ2n) is 4.04. The number of aryl methyl sites for hydroxylation is 1. The van der Waals surface area contributed by atoms with Crippen LogP contribution in [0.4, 0.5) is 0 Å². The summed E-state index contributed by atoms with van der Waals surface area (Å²) in [6.45, 7) is 3.66. The van der Waals surface area contributed by atoms with Crippen LogP contribution in [0.5, 0.6) is 0 Å². The van der Waals surface area contributed by atoms with Gasteiger partial charge in [-0.05, 0) is 26.4 Å². The molecule has 1 amide bonds. The molecule has 0 aromatic carbocycles. The molecule has 0 radical (unpaired) electrons. The molecular formula is C11H21N5O. The lowest BCUT2D eigenvalue weighted by Crippen LogP contribution is -2.30. The van der Waals surface area contributed by atoms with E-state index in [0.29, 0.717) is 6.54 Å². The Labute approximate surface area is 102 Å². The first kappa shape index (κ1) is 13.6. The van der Waals surface area contributed by atoms with Crippen molar-refractivity contribution < 1.29 is 4.79 Å². The Morgan fingerprint density at radius 3 is 2.94 bits per heavy atom. The van der Waals surface area contributed by atoms with E-state index in [1.807, 2.05) is 7.05 Å². The van der Waals surface area contributed by atoms with Crippen LogP contribution >= 0.6 is 0 Å². The molecule has 1 aromatic heterocycles. The molecule has 0 saturated heterocycles. The number of aromatic amines is 1. The highest BCUT2D eigenvalue weighted by atomic mass is 16.2. The summed E-state index contributed by atoms with van der Waals surface area (Å²) in [6.07, 6.45) is 2.73. The normalized spacial score (nSPS) is 10.5. The van der Waals surface area contributed by atoms with Crippen molar-refractivity contribution in [2.45, 2.75) is 26.2 Å². The molecule has 0 unspecified atom stereocenters. The Bertz CT molecular complexity index is 349. The molecule has 0 aliphatic heterocycles. The van der Waals surface area contributed by atoms with Gasteiger partial charge in [0.15, 0.2) is 0 Å². The van der Waals surface area contributed by atoms with Crippen molar-refractivity contribution in [3.8, 4) is 0 Å². The Morgan fingerprint density at radius 1 is 1.53 bits per heavy atom. The molecule has 1 rings (SSSR count). The summed E-state index contributed by atoms with van der Waals surface area (Å²) >= 11 is 0. The summed E-state index contributed by atoms with van der Waals surface area (Å²) in [5.41, 5.74) is 0. The van der Waals surface area contributed by atoms with E-state index < -0.39 is 0 Å². The van der Waals surface area contributed by atoms with E-state index in [1.165, 1.54) is 0 Å². The minimum absolute atomic E-state index is 0.125. The number of carbonyl (C=O) groups excluding carboxylic acids is 1. The third kappa shape index (κ3) is 4.14. The molecule has 0 bridgehead atoms. The molecule has 0 saturated carbocycles. The van der Waals surface area contributed by atoms with Gasteiger partial charge in [0.2, 0.25) is 5.82 Å². The van der Waals surface area contributed by atoms with Gasteiger partial charge in [-0.1, -0.05) is 6.92 Å². The second-order valence-corrected chi connectivity index (χ2v) is 4.04. The maximum Gasteiger partial charge on any atom is 0.293 e. The SMILES string of the molecule is CCCc1nc(C(=O)N(C)CCCNC)n[nH]1. The summed E-state index contributed by atoms with van der Waals surface area (Å²) in [4.78, 5) is 17.7. The van der Waals surface area contributed by atoms with Gasteiger partial charge in [-0.15, -0.1) is 5.10 Å². The van der Waals surface area contributed by atoms with Gasteiger partial charge in [0.1, 0.15) is 5.82 Å². The maximum atomic E-state index is 11.9. The van der Waals surface area contributed by atoms with E-state index >= 15 is 0 Å². The molecule has 6 heteroatoms. The largest absolute Gasteiger partial charge is 0.339 e. The first-order valence-corrected chi connectivity index (χ1v) is 6.00. The Kier molecular flexibility index (Phi) is 5.62. The molecule has 0 atom stereocenters. The summed E-state index contributed by atoms with van der Waals surface area (Å²) in [7, 11) is 3.67. The minimum Gasteiger partial charge on any atom is -0.339 e. The van der Waals surface area contributed by atoms with Crippen LogP contribution in [-0.4, -0.2) is 53.2 Å². The number of hydrogen-bond acceptors (Lipinski definition) is 4. The van der Waals surface area contributed by atoms with Crippen molar-refractivity contribution in [2.24, 2.45) is 0 Å². The summed E-state index contributed by atoms with van der Waals surface area (Å²) in [5, 5.41) is 9.78. The van der Waals surface area contributed by atoms with Crippen LogP contribution in [0, 0.1) is 0 Å². The van der Waals surface area contributed by atoms with Gasteiger partial charge in [-0.2, -0.15) is 0 Å². The monoisotopic (exact) mass is 239 g/mol. The van der Waals surface area contributed by atoms with Crippen LogP contribution in [-0.2, 0) is 6.42 Å². The van der Waals surface area contributed by atoms with Crippen LogP contribution in [0.2, 0.25) is 0 Å². The fourth-order valence-electron chi connectivity index (χ4n) is 1.50. The van der Waals surface area contributed by atoms with Crippen molar-refractivity contribution in [3.05, 3.63) is 11.6 Å². The number of hydrogen-bond donors (Lipinski definition) is 2. The molecule has 2 N–H and O–H groups in total. The third-order valence-corrected chi connectivity index (χ3v) is 2.48. The Balaban J connectivity index is 2.49. The van der Waals surface area contributed by atoms with E-state index in [2.05, 4.69) is 27.4 Å². The molecule has 17 heavy (non-hydrogen) atoms. The van der Waals surface area contributed by atoms with Crippen molar-refractivity contribution in [1.29, 1.82) is 0 Å². The van der Waals surface area contributed by atoms with Crippen molar-refractivity contribution in [1.82, 2.24) is 25.4 Å². The predicted molar refractivity (Wildman–Crippen MR) is 65.9 cm³/mol. The smallest absolute Gasteiger partial charge is 0.293 e. The van der Waals surface area contributed by atoms with Crippen LogP contribution in [0.15, 0.2) is 0 Å². The first-order valence-electron chi connectivity index (χ1n) is 6.00. The third-order valence-electron chi connectivity index (χ3n) is 2.48. The predicted octanol–water partition coefficient (Wildman–Crippen LogP) is 0.439. The highest BCUT2D eigenvalue weighted by molar-refractivity contribution is 5.90. The number of nitrogens with one attached hydrogen (secondary N) is 2. The number of rotatable bonds is 7. The summed E-state index contributed by atoms with van der Waals surface area (Å²) < 4.78 is 0. The average molecular weight is 239 g/mol. The zero-order valence-electron chi connectivity index (χ0n) is 10.8. The van der Waals surface area contributed by atoms with Gasteiger partial charge in [0.05, 0.1) is 0 Å². The van der Waals surface area contributed by atoms with Crippen molar-refractivity contribution in [3.63, 3.8) is 0 Å². The van der Waals surface area contributed by atoms with Gasteiger partial charge in [0.25, 0.3) is 5.91 Å². The Morgan fingerprint density at radius 2 is 2.29 bits per heavy atom. The Hall–Kier alpha value is -1.43. The first-order chi connectivity index (χ1) is 8.19. The zero-order chi connectivity index (χ0) is 12.7. The molecule has 0 aliphatic rings. The topological polar surface area (TPSA) is 73.9 Å². The van der Waals surface area contributed by atoms with Gasteiger partial charge in [0, 0.05) is 20.0 Å². The number of nitrogens with zero attached hydrogens (tertiary/aromatic N) is 3. The molecule has 0 spiro atoms. The fourth-order valence-corrected chi connectivity index (χ4v) is 1.50. The lowest BCUT2D eigenvalue weighted by molar-refractivity contribution is 0.0782. The van der Waals surface area contributed by atoms with E-state index in [9.17, 15) is 4.79 Å². The molecule has 0 aliphatic carbocycles. The molecule has 0 fully saturated rings.